The molecular weight excluding hydrogens is 400 g/mol. The minimum absolute atomic E-state index is 0.0167. The molecule has 0 amide bonds. The zero-order chi connectivity index (χ0) is 22.4. The van der Waals surface area contributed by atoms with Crippen LogP contribution in [0.3, 0.4) is 0 Å². The lowest BCUT2D eigenvalue weighted by atomic mass is 9.79. The van der Waals surface area contributed by atoms with Crippen LogP contribution in [0.5, 0.6) is 0 Å². The summed E-state index contributed by atoms with van der Waals surface area (Å²) in [5, 5.41) is 18.4. The van der Waals surface area contributed by atoms with E-state index in [0.717, 1.165) is 12.8 Å². The molecule has 0 unspecified atom stereocenters. The van der Waals surface area contributed by atoms with Gasteiger partial charge in [-0.3, -0.25) is 5.10 Å². The number of hydrogen-bond acceptors (Lipinski definition) is 6. The van der Waals surface area contributed by atoms with E-state index in [0.29, 0.717) is 11.5 Å². The van der Waals surface area contributed by atoms with Crippen LogP contribution in [0, 0.1) is 11.6 Å². The maximum absolute atomic E-state index is 14.7. The third-order valence-corrected chi connectivity index (χ3v) is 5.75. The molecule has 2 N–H and O–H groups in total. The van der Waals surface area contributed by atoms with Crippen LogP contribution in [0.1, 0.15) is 40.5 Å². The summed E-state index contributed by atoms with van der Waals surface area (Å²) in [6.07, 6.45) is 6.23. The molecule has 1 fully saturated rings. The van der Waals surface area contributed by atoms with Crippen molar-refractivity contribution < 1.29 is 8.78 Å². The Morgan fingerprint density at radius 1 is 0.968 bits per heavy atom. The number of aromatic amines is 1. The van der Waals surface area contributed by atoms with Crippen molar-refractivity contribution in [2.24, 2.45) is 0 Å². The van der Waals surface area contributed by atoms with Gasteiger partial charge in [-0.15, -0.1) is 10.2 Å². The average Bonchev–Trinajstić information content (AvgIpc) is 3.22. The van der Waals surface area contributed by atoms with Crippen LogP contribution in [0.2, 0.25) is 0 Å². The molecule has 4 rings (SSSR count). The summed E-state index contributed by atoms with van der Waals surface area (Å²) in [6, 6.07) is 3.20. The van der Waals surface area contributed by atoms with Gasteiger partial charge in [-0.1, -0.05) is 6.07 Å². The van der Waals surface area contributed by atoms with Gasteiger partial charge in [0.05, 0.1) is 12.4 Å². The van der Waals surface area contributed by atoms with Crippen molar-refractivity contribution in [2.45, 2.75) is 57.7 Å². The molecule has 0 bridgehead atoms. The number of rotatable bonds is 4. The van der Waals surface area contributed by atoms with Gasteiger partial charge < -0.3 is 10.2 Å². The Labute approximate surface area is 180 Å². The molecule has 31 heavy (non-hydrogen) atoms. The zero-order valence-corrected chi connectivity index (χ0v) is 18.4. The van der Waals surface area contributed by atoms with E-state index in [1.54, 1.807) is 0 Å². The van der Waals surface area contributed by atoms with Gasteiger partial charge in [-0.2, -0.15) is 5.10 Å². The molecule has 0 atom stereocenters. The second-order valence-corrected chi connectivity index (χ2v) is 9.48. The molecule has 0 radical (unpaired) electrons. The predicted molar refractivity (Wildman–Crippen MR) is 115 cm³/mol. The highest BCUT2D eigenvalue weighted by atomic mass is 19.2. The Bertz CT molecular complexity index is 1050. The summed E-state index contributed by atoms with van der Waals surface area (Å²) in [5.74, 6) is -1.49. The van der Waals surface area contributed by atoms with Crippen LogP contribution >= 0.6 is 0 Å². The van der Waals surface area contributed by atoms with Crippen molar-refractivity contribution in [2.75, 3.05) is 11.9 Å². The Morgan fingerprint density at radius 2 is 1.61 bits per heavy atom. The monoisotopic (exact) mass is 427 g/mol. The molecule has 3 heterocycles. The predicted octanol–water partition coefficient (Wildman–Crippen LogP) is 3.95. The highest BCUT2D eigenvalue weighted by Crippen LogP contribution is 2.33. The van der Waals surface area contributed by atoms with Crippen molar-refractivity contribution in [3.8, 4) is 22.4 Å². The van der Waals surface area contributed by atoms with E-state index in [4.69, 9.17) is 0 Å². The molecule has 1 aliphatic rings. The smallest absolute Gasteiger partial charge is 0.245 e. The average molecular weight is 428 g/mol. The molecule has 1 saturated heterocycles. The molecule has 0 aliphatic carbocycles. The van der Waals surface area contributed by atoms with Crippen molar-refractivity contribution in [1.82, 2.24) is 30.7 Å². The van der Waals surface area contributed by atoms with E-state index < -0.39 is 11.6 Å². The number of H-pyrrole nitrogens is 1. The van der Waals surface area contributed by atoms with E-state index in [9.17, 15) is 8.78 Å². The molecule has 1 aromatic carbocycles. The number of piperidine rings is 1. The first-order valence-electron chi connectivity index (χ1n) is 10.3. The first kappa shape index (κ1) is 21.3. The Morgan fingerprint density at radius 3 is 2.19 bits per heavy atom. The van der Waals surface area contributed by atoms with Crippen LogP contribution in [0.15, 0.2) is 30.7 Å². The first-order valence-corrected chi connectivity index (χ1v) is 10.3. The Balaban J connectivity index is 1.58. The third-order valence-electron chi connectivity index (χ3n) is 5.75. The summed E-state index contributed by atoms with van der Waals surface area (Å²) >= 11 is 0. The molecule has 7 nitrogen and oxygen atoms in total. The van der Waals surface area contributed by atoms with Crippen LogP contribution in [-0.4, -0.2) is 49.5 Å². The van der Waals surface area contributed by atoms with Gasteiger partial charge in [0.2, 0.25) is 5.95 Å². The van der Waals surface area contributed by atoms with Crippen molar-refractivity contribution >= 4 is 5.95 Å². The highest BCUT2D eigenvalue weighted by Gasteiger charge is 2.39. The van der Waals surface area contributed by atoms with Gasteiger partial charge in [0.1, 0.15) is 5.69 Å². The zero-order valence-electron chi connectivity index (χ0n) is 18.4. The number of hydrogen-bond donors (Lipinski definition) is 2. The van der Waals surface area contributed by atoms with Gasteiger partial charge in [0.25, 0.3) is 0 Å². The summed E-state index contributed by atoms with van der Waals surface area (Å²) in [4.78, 5) is 6.41. The van der Waals surface area contributed by atoms with Crippen molar-refractivity contribution in [3.63, 3.8) is 0 Å². The fourth-order valence-corrected chi connectivity index (χ4v) is 4.63. The van der Waals surface area contributed by atoms with Crippen LogP contribution in [-0.2, 0) is 0 Å². The number of nitrogens with one attached hydrogen (secondary N) is 2. The number of aromatic nitrogens is 5. The van der Waals surface area contributed by atoms with Gasteiger partial charge in [-0.05, 0) is 46.6 Å². The Kier molecular flexibility index (Phi) is 5.25. The topological polar surface area (TPSA) is 82.6 Å². The van der Waals surface area contributed by atoms with Crippen LogP contribution < -0.4 is 10.2 Å². The second kappa shape index (κ2) is 7.64. The highest BCUT2D eigenvalue weighted by molar-refractivity contribution is 5.69. The molecule has 2 aromatic heterocycles. The molecule has 3 aromatic rings. The standard InChI is InChI=1S/C22H27F2N7/c1-21(2)8-14(9-22(3,4)30-21)31(5)20-25-12-17(28-29-20)16-7-6-15(18(23)19(16)24)13-10-26-27-11-13/h6-7,10-12,14,30H,8-9H2,1-5H3,(H,26,27). The van der Waals surface area contributed by atoms with Crippen LogP contribution in [0.4, 0.5) is 14.7 Å². The summed E-state index contributed by atoms with van der Waals surface area (Å²) in [5.41, 5.74) is 0.748. The van der Waals surface area contributed by atoms with Crippen LogP contribution in [0.25, 0.3) is 22.4 Å². The Hall–Kier alpha value is -2.94. The molecular formula is C22H27F2N7. The fraction of sp³-hybridized carbons (Fsp3) is 0.455. The molecule has 0 saturated carbocycles. The number of anilines is 1. The lowest BCUT2D eigenvalue weighted by Crippen LogP contribution is -2.62. The molecule has 0 spiro atoms. The lowest BCUT2D eigenvalue weighted by molar-refractivity contribution is 0.160. The number of halogens is 2. The van der Waals surface area contributed by atoms with E-state index in [-0.39, 0.29) is 33.9 Å². The van der Waals surface area contributed by atoms with Gasteiger partial charge in [0, 0.05) is 47.1 Å². The lowest BCUT2D eigenvalue weighted by Gasteiger charge is -2.48. The maximum atomic E-state index is 14.7. The van der Waals surface area contributed by atoms with E-state index in [1.807, 2.05) is 11.9 Å². The van der Waals surface area contributed by atoms with E-state index in [2.05, 4.69) is 58.4 Å². The minimum atomic E-state index is -0.988. The fourth-order valence-electron chi connectivity index (χ4n) is 4.63. The SMILES string of the molecule is CN(c1ncc(-c2ccc(-c3cn[nH]c3)c(F)c2F)nn1)C1CC(C)(C)NC(C)(C)C1. The number of nitrogens with zero attached hydrogens (tertiary/aromatic N) is 5. The quantitative estimate of drug-likeness (QED) is 0.656. The van der Waals surface area contributed by atoms with E-state index in [1.165, 1.54) is 30.7 Å². The summed E-state index contributed by atoms with van der Waals surface area (Å²) in [7, 11) is 1.94. The molecule has 1 aliphatic heterocycles. The first-order chi connectivity index (χ1) is 14.6. The summed E-state index contributed by atoms with van der Waals surface area (Å²) in [6.45, 7) is 8.73. The molecule has 9 heteroatoms. The minimum Gasteiger partial charge on any atom is -0.339 e. The normalized spacial score (nSPS) is 18.2. The van der Waals surface area contributed by atoms with Crippen molar-refractivity contribution in [3.05, 3.63) is 42.4 Å². The maximum Gasteiger partial charge on any atom is 0.245 e. The van der Waals surface area contributed by atoms with Gasteiger partial charge >= 0.3 is 0 Å². The van der Waals surface area contributed by atoms with Gasteiger partial charge in [0.15, 0.2) is 11.6 Å². The second-order valence-electron chi connectivity index (χ2n) is 9.48. The van der Waals surface area contributed by atoms with Gasteiger partial charge in [-0.25, -0.2) is 13.8 Å². The van der Waals surface area contributed by atoms with E-state index >= 15 is 0 Å². The van der Waals surface area contributed by atoms with Crippen molar-refractivity contribution in [1.29, 1.82) is 0 Å². The third kappa shape index (κ3) is 4.27. The number of benzene rings is 1. The summed E-state index contributed by atoms with van der Waals surface area (Å²) < 4.78 is 29.3. The largest absolute Gasteiger partial charge is 0.339 e. The molecule has 164 valence electrons.